The van der Waals surface area contributed by atoms with Crippen molar-refractivity contribution in [2.75, 3.05) is 12.3 Å². The molecule has 1 fully saturated rings. The first kappa shape index (κ1) is 20.1. The van der Waals surface area contributed by atoms with Crippen LogP contribution >= 0.6 is 0 Å². The summed E-state index contributed by atoms with van der Waals surface area (Å²) in [5.74, 6) is -1.59. The molecule has 23 heavy (non-hydrogen) atoms. The van der Waals surface area contributed by atoms with Crippen molar-refractivity contribution in [2.24, 2.45) is 11.8 Å². The van der Waals surface area contributed by atoms with E-state index in [0.29, 0.717) is 11.3 Å². The van der Waals surface area contributed by atoms with E-state index in [1.807, 2.05) is 13.8 Å². The molecule has 2 heterocycles. The zero-order valence-corrected chi connectivity index (χ0v) is 13.6. The van der Waals surface area contributed by atoms with Gasteiger partial charge in [0, 0.05) is 13.3 Å². The molecule has 0 aromatic rings. The van der Waals surface area contributed by atoms with E-state index in [1.54, 1.807) is 0 Å². The molecular weight excluding hydrogens is 315 g/mol. The second-order valence-corrected chi connectivity index (χ2v) is 7.45. The van der Waals surface area contributed by atoms with Gasteiger partial charge in [-0.05, 0) is 17.1 Å². The summed E-state index contributed by atoms with van der Waals surface area (Å²) in [5, 5.41) is 11.9. The zero-order chi connectivity index (χ0) is 16.6. The summed E-state index contributed by atoms with van der Waals surface area (Å²) in [6.45, 7) is 5.42. The summed E-state index contributed by atoms with van der Waals surface area (Å²) in [4.78, 5) is 36.0. The van der Waals surface area contributed by atoms with E-state index in [2.05, 4.69) is 5.32 Å². The molecule has 0 saturated carbocycles. The van der Waals surface area contributed by atoms with Crippen LogP contribution in [0.1, 0.15) is 27.2 Å². The number of amides is 2. The molecule has 2 N–H and O–H groups in total. The fourth-order valence-electron chi connectivity index (χ4n) is 3.08. The quantitative estimate of drug-likeness (QED) is 0.383. The summed E-state index contributed by atoms with van der Waals surface area (Å²) in [6, 6.07) is -0.196. The molecule has 0 aromatic heterocycles. The van der Waals surface area contributed by atoms with Crippen LogP contribution in [0.4, 0.5) is 0 Å². The molecule has 7 nitrogen and oxygen atoms in total. The van der Waals surface area contributed by atoms with Crippen LogP contribution in [0.2, 0.25) is 0 Å². The summed E-state index contributed by atoms with van der Waals surface area (Å²) in [7, 11) is 0. The van der Waals surface area contributed by atoms with Gasteiger partial charge in [-0.2, -0.15) is 0 Å². The summed E-state index contributed by atoms with van der Waals surface area (Å²) in [6.07, 6.45) is 0.336. The van der Waals surface area contributed by atoms with Crippen LogP contribution in [0.5, 0.6) is 0 Å². The fraction of sp³-hybridized carbons (Fsp3) is 0.643. The maximum atomic E-state index is 12.3. The first-order valence-electron chi connectivity index (χ1n) is 7.18. The summed E-state index contributed by atoms with van der Waals surface area (Å²) >= 11 is -1.52. The second-order valence-electron chi connectivity index (χ2n) is 5.86. The molecular formula is C14H21LiN2O5S. The summed E-state index contributed by atoms with van der Waals surface area (Å²) < 4.78 is 12.3. The number of β-lactam (4-membered cyclic amide) rings is 1. The van der Waals surface area contributed by atoms with E-state index in [9.17, 15) is 24.0 Å². The number of carboxylic acid groups (broad SMARTS) is 1. The van der Waals surface area contributed by atoms with Crippen molar-refractivity contribution >= 4 is 47.8 Å². The minimum atomic E-state index is -1.52. The minimum absolute atomic E-state index is 0. The molecule has 2 rings (SSSR count). The average molecular weight is 336 g/mol. The van der Waals surface area contributed by atoms with E-state index in [4.69, 9.17) is 0 Å². The molecule has 2 aliphatic heterocycles. The van der Waals surface area contributed by atoms with Crippen LogP contribution in [0.25, 0.3) is 0 Å². The number of carboxylic acids is 1. The van der Waals surface area contributed by atoms with E-state index in [0.717, 1.165) is 0 Å². The Kier molecular flexibility index (Phi) is 6.78. The average Bonchev–Trinajstić information content (AvgIpc) is 2.72. The van der Waals surface area contributed by atoms with Gasteiger partial charge in [0.05, 0.1) is 18.5 Å². The van der Waals surface area contributed by atoms with Crippen molar-refractivity contribution in [1.29, 1.82) is 0 Å². The number of aliphatic carboxylic acids is 1. The van der Waals surface area contributed by atoms with Crippen molar-refractivity contribution in [3.8, 4) is 0 Å². The maximum absolute atomic E-state index is 12.3. The SMILES string of the molecule is CC(=O)NCC[S+]([O-])C1=C(C(=O)O)N2C(=O)C(C(C)C)C2C1.[LiH]. The van der Waals surface area contributed by atoms with Crippen molar-refractivity contribution in [2.45, 2.75) is 33.2 Å². The third-order valence-corrected chi connectivity index (χ3v) is 5.51. The first-order chi connectivity index (χ1) is 10.3. The number of carbonyl (C=O) groups excluding carboxylic acids is 2. The van der Waals surface area contributed by atoms with Crippen LogP contribution in [0.15, 0.2) is 10.6 Å². The van der Waals surface area contributed by atoms with E-state index >= 15 is 0 Å². The standard InChI is InChI=1S/C14H20N2O5S.Li.H/c1-7(2)11-9-6-10(22(21)5-4-15-8(3)17)12(14(19)20)16(9)13(11)18;;/h7,9,11H,4-6H2,1-3H3,(H,15,17)(H,19,20);;. The van der Waals surface area contributed by atoms with Gasteiger partial charge in [0.25, 0.3) is 0 Å². The van der Waals surface area contributed by atoms with E-state index in [1.165, 1.54) is 11.8 Å². The molecule has 0 spiro atoms. The zero-order valence-electron chi connectivity index (χ0n) is 12.8. The Morgan fingerprint density at radius 2 is 2.09 bits per heavy atom. The normalized spacial score (nSPS) is 24.0. The molecule has 0 aliphatic carbocycles. The Morgan fingerprint density at radius 1 is 1.48 bits per heavy atom. The van der Waals surface area contributed by atoms with Crippen molar-refractivity contribution in [3.63, 3.8) is 0 Å². The van der Waals surface area contributed by atoms with Crippen LogP contribution in [0, 0.1) is 11.8 Å². The predicted molar refractivity (Wildman–Crippen MR) is 87.1 cm³/mol. The van der Waals surface area contributed by atoms with Gasteiger partial charge in [0.1, 0.15) is 5.75 Å². The number of hydrogen-bond donors (Lipinski definition) is 2. The molecule has 2 amide bonds. The topological polar surface area (TPSA) is 110 Å². The second kappa shape index (κ2) is 7.75. The number of nitrogens with one attached hydrogen (secondary N) is 1. The molecule has 0 aromatic carbocycles. The number of nitrogens with zero attached hydrogens (tertiary/aromatic N) is 1. The fourth-order valence-corrected chi connectivity index (χ4v) is 4.37. The molecule has 3 unspecified atom stereocenters. The number of rotatable bonds is 6. The van der Waals surface area contributed by atoms with Crippen molar-refractivity contribution in [3.05, 3.63) is 10.6 Å². The molecule has 1 saturated heterocycles. The molecule has 2 aliphatic rings. The van der Waals surface area contributed by atoms with E-state index < -0.39 is 17.1 Å². The van der Waals surface area contributed by atoms with Gasteiger partial charge in [0.2, 0.25) is 11.8 Å². The molecule has 124 valence electrons. The number of fused-ring (bicyclic) bond motifs is 1. The van der Waals surface area contributed by atoms with Crippen LogP contribution in [-0.4, -0.2) is 69.5 Å². The summed E-state index contributed by atoms with van der Waals surface area (Å²) in [5.41, 5.74) is -0.131. The van der Waals surface area contributed by atoms with Crippen LogP contribution < -0.4 is 5.32 Å². The van der Waals surface area contributed by atoms with Gasteiger partial charge < -0.3 is 15.0 Å². The van der Waals surface area contributed by atoms with Gasteiger partial charge in [0.15, 0.2) is 10.6 Å². The van der Waals surface area contributed by atoms with Crippen LogP contribution in [-0.2, 0) is 25.6 Å². The molecule has 9 heteroatoms. The number of carbonyl (C=O) groups is 3. The Hall–Kier alpha value is -0.943. The van der Waals surface area contributed by atoms with Crippen LogP contribution in [0.3, 0.4) is 0 Å². The van der Waals surface area contributed by atoms with Gasteiger partial charge in [-0.25, -0.2) is 4.79 Å². The Bertz CT molecular complexity index is 551. The Balaban J connectivity index is 0.00000264. The van der Waals surface area contributed by atoms with Crippen molar-refractivity contribution < 1.29 is 24.0 Å². The number of hydrogen-bond acceptors (Lipinski definition) is 4. The van der Waals surface area contributed by atoms with Gasteiger partial charge >= 0.3 is 24.8 Å². The van der Waals surface area contributed by atoms with Gasteiger partial charge in [-0.1, -0.05) is 13.8 Å². The van der Waals surface area contributed by atoms with Gasteiger partial charge in [-0.3, -0.25) is 14.5 Å². The molecule has 3 atom stereocenters. The Morgan fingerprint density at radius 3 is 2.57 bits per heavy atom. The van der Waals surface area contributed by atoms with E-state index in [-0.39, 0.29) is 66.5 Å². The van der Waals surface area contributed by atoms with Gasteiger partial charge in [-0.15, -0.1) is 0 Å². The molecule has 0 radical (unpaired) electrons. The first-order valence-corrected chi connectivity index (χ1v) is 8.50. The third-order valence-electron chi connectivity index (χ3n) is 4.03. The molecule has 0 bridgehead atoms. The Labute approximate surface area is 150 Å². The monoisotopic (exact) mass is 336 g/mol. The third kappa shape index (κ3) is 3.77. The predicted octanol–water partition coefficient (Wildman–Crippen LogP) is -0.594. The van der Waals surface area contributed by atoms with Crippen molar-refractivity contribution in [1.82, 2.24) is 10.2 Å².